The molecule has 0 saturated carbocycles. The lowest BCUT2D eigenvalue weighted by Gasteiger charge is -2.20. The van der Waals surface area contributed by atoms with E-state index in [0.717, 1.165) is 22.6 Å². The molecule has 2 rings (SSSR count). The Labute approximate surface area is 166 Å². The summed E-state index contributed by atoms with van der Waals surface area (Å²) in [5.41, 5.74) is 4.28. The number of amides is 1. The predicted molar refractivity (Wildman–Crippen MR) is 110 cm³/mol. The second-order valence-electron chi connectivity index (χ2n) is 7.35. The SMILES string of the molecule is CCc1ccccc1NC(=O)C[NH+](C)[C@@H](C)C(=O)c1[nH]c(C)c(C(C)=O)c1C. The zero-order valence-electron chi connectivity index (χ0n) is 17.5. The zero-order valence-corrected chi connectivity index (χ0v) is 17.5. The number of hydrogen-bond donors (Lipinski definition) is 3. The first kappa shape index (κ1) is 21.6. The van der Waals surface area contributed by atoms with E-state index in [4.69, 9.17) is 0 Å². The molecule has 0 spiro atoms. The standard InChI is InChI=1S/C22H29N3O3/c1-7-17-10-8-9-11-18(17)24-19(27)12-25(6)15(4)22(28)21-13(2)20(16(5)26)14(3)23-21/h8-11,15,23H,7,12H2,1-6H3,(H,24,27)/p+1/t15-/m0/s1. The minimum absolute atomic E-state index is 0.0624. The molecule has 0 bridgehead atoms. The van der Waals surface area contributed by atoms with Crippen LogP contribution in [-0.2, 0) is 11.2 Å². The van der Waals surface area contributed by atoms with Crippen molar-refractivity contribution in [3.05, 3.63) is 52.3 Å². The van der Waals surface area contributed by atoms with Gasteiger partial charge >= 0.3 is 0 Å². The molecule has 3 N–H and O–H groups in total. The molecule has 0 aliphatic carbocycles. The first-order chi connectivity index (χ1) is 13.2. The normalized spacial score (nSPS) is 13.1. The summed E-state index contributed by atoms with van der Waals surface area (Å²) in [5, 5.41) is 2.94. The van der Waals surface area contributed by atoms with Gasteiger partial charge < -0.3 is 15.2 Å². The van der Waals surface area contributed by atoms with Gasteiger partial charge in [-0.1, -0.05) is 25.1 Å². The molecule has 28 heavy (non-hydrogen) atoms. The molecule has 1 aromatic carbocycles. The van der Waals surface area contributed by atoms with Gasteiger partial charge in [-0.3, -0.25) is 14.4 Å². The van der Waals surface area contributed by atoms with E-state index in [1.165, 1.54) is 6.92 Å². The molecule has 1 heterocycles. The molecule has 150 valence electrons. The maximum absolute atomic E-state index is 12.9. The van der Waals surface area contributed by atoms with Crippen molar-refractivity contribution in [3.8, 4) is 0 Å². The van der Waals surface area contributed by atoms with Crippen molar-refractivity contribution in [2.24, 2.45) is 0 Å². The Morgan fingerprint density at radius 3 is 2.39 bits per heavy atom. The second kappa shape index (κ2) is 8.97. The number of Topliss-reactive ketones (excluding diaryl/α,β-unsaturated/α-hetero) is 2. The van der Waals surface area contributed by atoms with Crippen LogP contribution in [0.3, 0.4) is 0 Å². The highest BCUT2D eigenvalue weighted by Crippen LogP contribution is 2.19. The molecular weight excluding hydrogens is 354 g/mol. The molecule has 0 saturated heterocycles. The Morgan fingerprint density at radius 2 is 1.82 bits per heavy atom. The molecule has 1 aromatic heterocycles. The van der Waals surface area contributed by atoms with Gasteiger partial charge in [0, 0.05) is 16.9 Å². The highest BCUT2D eigenvalue weighted by molar-refractivity contribution is 6.04. The van der Waals surface area contributed by atoms with Gasteiger partial charge in [0.2, 0.25) is 5.78 Å². The van der Waals surface area contributed by atoms with Crippen molar-refractivity contribution in [1.82, 2.24) is 4.98 Å². The Balaban J connectivity index is 2.09. The third-order valence-electron chi connectivity index (χ3n) is 5.28. The Kier molecular flexibility index (Phi) is 6.91. The molecule has 0 radical (unpaired) electrons. The van der Waals surface area contributed by atoms with E-state index in [1.54, 1.807) is 20.8 Å². The number of H-pyrrole nitrogens is 1. The van der Waals surface area contributed by atoms with Crippen molar-refractivity contribution in [2.45, 2.75) is 47.1 Å². The van der Waals surface area contributed by atoms with Crippen LogP contribution in [0.4, 0.5) is 5.69 Å². The van der Waals surface area contributed by atoms with Crippen LogP contribution in [0.1, 0.15) is 58.4 Å². The molecule has 6 nitrogen and oxygen atoms in total. The van der Waals surface area contributed by atoms with Crippen molar-refractivity contribution in [1.29, 1.82) is 0 Å². The number of aromatic amines is 1. The lowest BCUT2D eigenvalue weighted by atomic mass is 10.0. The third-order valence-corrected chi connectivity index (χ3v) is 5.28. The maximum atomic E-state index is 12.9. The molecule has 1 amide bonds. The number of hydrogen-bond acceptors (Lipinski definition) is 3. The first-order valence-corrected chi connectivity index (χ1v) is 9.61. The monoisotopic (exact) mass is 384 g/mol. The number of carbonyl (C=O) groups excluding carboxylic acids is 3. The summed E-state index contributed by atoms with van der Waals surface area (Å²) in [6.07, 6.45) is 0.831. The maximum Gasteiger partial charge on any atom is 0.279 e. The lowest BCUT2D eigenvalue weighted by molar-refractivity contribution is -0.885. The van der Waals surface area contributed by atoms with Crippen LogP contribution in [0.25, 0.3) is 0 Å². The van der Waals surface area contributed by atoms with Gasteiger partial charge in [-0.15, -0.1) is 0 Å². The number of rotatable bonds is 8. The largest absolute Gasteiger partial charge is 0.355 e. The Bertz CT molecular complexity index is 898. The van der Waals surface area contributed by atoms with Crippen LogP contribution < -0.4 is 10.2 Å². The van der Waals surface area contributed by atoms with E-state index < -0.39 is 6.04 Å². The van der Waals surface area contributed by atoms with Gasteiger partial charge in [-0.05, 0) is 51.3 Å². The van der Waals surface area contributed by atoms with Crippen molar-refractivity contribution in [3.63, 3.8) is 0 Å². The molecule has 6 heteroatoms. The number of likely N-dealkylation sites (N-methyl/N-ethyl adjacent to an activating group) is 1. The van der Waals surface area contributed by atoms with Crippen LogP contribution in [-0.4, -0.2) is 42.1 Å². The van der Waals surface area contributed by atoms with Gasteiger partial charge in [0.1, 0.15) is 0 Å². The molecule has 0 fully saturated rings. The van der Waals surface area contributed by atoms with Crippen molar-refractivity contribution in [2.75, 3.05) is 18.9 Å². The number of nitrogens with one attached hydrogen (secondary N) is 3. The van der Waals surface area contributed by atoms with Gasteiger partial charge in [0.05, 0.1) is 12.7 Å². The summed E-state index contributed by atoms with van der Waals surface area (Å²) in [6.45, 7) is 9.08. The second-order valence-corrected chi connectivity index (χ2v) is 7.35. The molecule has 0 aliphatic heterocycles. The van der Waals surface area contributed by atoms with E-state index in [2.05, 4.69) is 10.3 Å². The van der Waals surface area contributed by atoms with Crippen LogP contribution in [0, 0.1) is 13.8 Å². The van der Waals surface area contributed by atoms with Crippen LogP contribution in [0.15, 0.2) is 24.3 Å². The summed E-state index contributed by atoms with van der Waals surface area (Å²) in [5.74, 6) is -0.304. The van der Waals surface area contributed by atoms with Crippen molar-refractivity contribution >= 4 is 23.2 Å². The fourth-order valence-corrected chi connectivity index (χ4v) is 3.52. The number of ketones is 2. The van der Waals surface area contributed by atoms with Gasteiger partial charge in [-0.2, -0.15) is 0 Å². The number of benzene rings is 1. The van der Waals surface area contributed by atoms with E-state index in [0.29, 0.717) is 22.5 Å². The number of quaternary nitrogens is 1. The number of aryl methyl sites for hydroxylation is 2. The number of anilines is 1. The topological polar surface area (TPSA) is 83.5 Å². The Hall–Kier alpha value is -2.73. The fraction of sp³-hybridized carbons (Fsp3) is 0.409. The molecule has 2 atom stereocenters. The van der Waals surface area contributed by atoms with Crippen LogP contribution >= 0.6 is 0 Å². The number of aromatic nitrogens is 1. The summed E-state index contributed by atoms with van der Waals surface area (Å²) in [7, 11) is 1.82. The number of para-hydroxylation sites is 1. The minimum Gasteiger partial charge on any atom is -0.355 e. The van der Waals surface area contributed by atoms with Crippen LogP contribution in [0.5, 0.6) is 0 Å². The highest BCUT2D eigenvalue weighted by atomic mass is 16.2. The highest BCUT2D eigenvalue weighted by Gasteiger charge is 2.29. The van der Waals surface area contributed by atoms with E-state index in [-0.39, 0.29) is 24.0 Å². The zero-order chi connectivity index (χ0) is 21.0. The molecule has 0 aliphatic rings. The quantitative estimate of drug-likeness (QED) is 0.610. The molecule has 2 aromatic rings. The van der Waals surface area contributed by atoms with E-state index in [9.17, 15) is 14.4 Å². The van der Waals surface area contributed by atoms with E-state index >= 15 is 0 Å². The lowest BCUT2D eigenvalue weighted by Crippen LogP contribution is -3.14. The summed E-state index contributed by atoms with van der Waals surface area (Å²) < 4.78 is 0. The van der Waals surface area contributed by atoms with Crippen molar-refractivity contribution < 1.29 is 19.3 Å². The Morgan fingerprint density at radius 1 is 1.18 bits per heavy atom. The molecular formula is C22H30N3O3+. The summed E-state index contributed by atoms with van der Waals surface area (Å²) >= 11 is 0. The van der Waals surface area contributed by atoms with Crippen LogP contribution in [0.2, 0.25) is 0 Å². The summed E-state index contributed by atoms with van der Waals surface area (Å²) in [6, 6.07) is 7.28. The predicted octanol–water partition coefficient (Wildman–Crippen LogP) is 2.12. The third kappa shape index (κ3) is 4.57. The number of carbonyl (C=O) groups is 3. The first-order valence-electron chi connectivity index (χ1n) is 9.61. The van der Waals surface area contributed by atoms with Gasteiger partial charge in [-0.25, -0.2) is 0 Å². The minimum atomic E-state index is -0.427. The average molecular weight is 385 g/mol. The van der Waals surface area contributed by atoms with E-state index in [1.807, 2.05) is 38.2 Å². The summed E-state index contributed by atoms with van der Waals surface area (Å²) in [4.78, 5) is 41.1. The molecule has 1 unspecified atom stereocenters. The smallest absolute Gasteiger partial charge is 0.279 e. The average Bonchev–Trinajstić information content (AvgIpc) is 2.95. The fourth-order valence-electron chi connectivity index (χ4n) is 3.52. The van der Waals surface area contributed by atoms with Gasteiger partial charge in [0.15, 0.2) is 18.4 Å². The van der Waals surface area contributed by atoms with Gasteiger partial charge in [0.25, 0.3) is 5.91 Å².